The second-order valence-corrected chi connectivity index (χ2v) is 5.13. The number of methoxy groups -OCH3 is 1. The minimum absolute atomic E-state index is 0.262. The van der Waals surface area contributed by atoms with Gasteiger partial charge in [-0.3, -0.25) is 9.69 Å². The lowest BCUT2D eigenvalue weighted by atomic mass is 9.93. The van der Waals surface area contributed by atoms with Gasteiger partial charge in [0, 0.05) is 12.6 Å². The van der Waals surface area contributed by atoms with E-state index >= 15 is 0 Å². The minimum Gasteiger partial charge on any atom is -0.468 e. The maximum atomic E-state index is 11.9. The van der Waals surface area contributed by atoms with Crippen LogP contribution in [-0.2, 0) is 9.53 Å². The standard InChI is InChI=1S/C13H26N2O2/c1-5-10(3)15(6-2)9-13(14,11-7-8-11)12(16)17-4/h10-11H,5-9,14H2,1-4H3. The number of nitrogens with zero attached hydrogens (tertiary/aromatic N) is 1. The number of ether oxygens (including phenoxy) is 1. The molecule has 1 fully saturated rings. The van der Waals surface area contributed by atoms with Gasteiger partial charge in [-0.25, -0.2) is 0 Å². The maximum Gasteiger partial charge on any atom is 0.327 e. The Balaban J connectivity index is 2.74. The van der Waals surface area contributed by atoms with E-state index in [9.17, 15) is 4.79 Å². The van der Waals surface area contributed by atoms with E-state index in [0.29, 0.717) is 18.5 Å². The summed E-state index contributed by atoms with van der Waals surface area (Å²) in [6, 6.07) is 0.450. The van der Waals surface area contributed by atoms with E-state index in [1.807, 2.05) is 0 Å². The molecule has 0 amide bonds. The van der Waals surface area contributed by atoms with Gasteiger partial charge in [0.05, 0.1) is 7.11 Å². The highest BCUT2D eigenvalue weighted by molar-refractivity contribution is 5.81. The molecule has 100 valence electrons. The summed E-state index contributed by atoms with van der Waals surface area (Å²) in [7, 11) is 1.42. The molecule has 2 unspecified atom stereocenters. The minimum atomic E-state index is -0.811. The van der Waals surface area contributed by atoms with Gasteiger partial charge in [-0.05, 0) is 38.6 Å². The third-order valence-corrected chi connectivity index (χ3v) is 3.96. The second kappa shape index (κ2) is 5.83. The molecule has 1 aliphatic rings. The van der Waals surface area contributed by atoms with Crippen LogP contribution in [0.2, 0.25) is 0 Å². The summed E-state index contributed by atoms with van der Waals surface area (Å²) in [5.74, 6) is 0.0369. The van der Waals surface area contributed by atoms with Crippen molar-refractivity contribution in [2.75, 3.05) is 20.2 Å². The Morgan fingerprint density at radius 3 is 2.47 bits per heavy atom. The topological polar surface area (TPSA) is 55.6 Å². The van der Waals surface area contributed by atoms with Crippen molar-refractivity contribution in [1.82, 2.24) is 4.90 Å². The van der Waals surface area contributed by atoms with Gasteiger partial charge in [0.2, 0.25) is 0 Å². The van der Waals surface area contributed by atoms with Crippen LogP contribution in [0.4, 0.5) is 0 Å². The Morgan fingerprint density at radius 1 is 1.53 bits per heavy atom. The fourth-order valence-electron chi connectivity index (χ4n) is 2.32. The summed E-state index contributed by atoms with van der Waals surface area (Å²) in [5, 5.41) is 0. The van der Waals surface area contributed by atoms with Crippen LogP contribution < -0.4 is 5.73 Å². The van der Waals surface area contributed by atoms with Crippen molar-refractivity contribution in [1.29, 1.82) is 0 Å². The van der Waals surface area contributed by atoms with Crippen molar-refractivity contribution in [2.24, 2.45) is 11.7 Å². The Kier molecular flexibility index (Phi) is 4.95. The Hall–Kier alpha value is -0.610. The molecule has 4 heteroatoms. The van der Waals surface area contributed by atoms with E-state index in [0.717, 1.165) is 25.8 Å². The van der Waals surface area contributed by atoms with Crippen molar-refractivity contribution in [3.05, 3.63) is 0 Å². The number of carbonyl (C=O) groups is 1. The van der Waals surface area contributed by atoms with E-state index in [-0.39, 0.29) is 5.97 Å². The van der Waals surface area contributed by atoms with E-state index in [2.05, 4.69) is 25.7 Å². The molecule has 1 rings (SSSR count). The summed E-state index contributed by atoms with van der Waals surface area (Å²) in [5.41, 5.74) is 5.50. The van der Waals surface area contributed by atoms with Crippen molar-refractivity contribution in [3.8, 4) is 0 Å². The molecule has 0 spiro atoms. The molecule has 0 saturated heterocycles. The molecule has 0 radical (unpaired) electrons. The smallest absolute Gasteiger partial charge is 0.327 e. The average molecular weight is 242 g/mol. The predicted molar refractivity (Wildman–Crippen MR) is 68.7 cm³/mol. The molecule has 0 aromatic rings. The lowest BCUT2D eigenvalue weighted by molar-refractivity contribution is -0.149. The summed E-state index contributed by atoms with van der Waals surface area (Å²) in [6.45, 7) is 7.96. The number of hydrogen-bond donors (Lipinski definition) is 1. The van der Waals surface area contributed by atoms with Gasteiger partial charge in [-0.2, -0.15) is 0 Å². The van der Waals surface area contributed by atoms with Gasteiger partial charge in [-0.1, -0.05) is 13.8 Å². The third-order valence-electron chi connectivity index (χ3n) is 3.96. The molecule has 4 nitrogen and oxygen atoms in total. The van der Waals surface area contributed by atoms with Crippen LogP contribution in [0.5, 0.6) is 0 Å². The monoisotopic (exact) mass is 242 g/mol. The van der Waals surface area contributed by atoms with Crippen molar-refractivity contribution < 1.29 is 9.53 Å². The lowest BCUT2D eigenvalue weighted by Gasteiger charge is -2.36. The zero-order valence-corrected chi connectivity index (χ0v) is 11.5. The molecule has 0 aromatic carbocycles. The highest BCUT2D eigenvalue weighted by Gasteiger charge is 2.49. The first-order valence-corrected chi connectivity index (χ1v) is 6.60. The highest BCUT2D eigenvalue weighted by Crippen LogP contribution is 2.39. The second-order valence-electron chi connectivity index (χ2n) is 5.13. The van der Waals surface area contributed by atoms with Crippen LogP contribution in [0.15, 0.2) is 0 Å². The number of hydrogen-bond acceptors (Lipinski definition) is 4. The van der Waals surface area contributed by atoms with Gasteiger partial charge >= 0.3 is 5.97 Å². The predicted octanol–water partition coefficient (Wildman–Crippen LogP) is 1.39. The van der Waals surface area contributed by atoms with E-state index < -0.39 is 5.54 Å². The van der Waals surface area contributed by atoms with Crippen LogP contribution in [0.3, 0.4) is 0 Å². The summed E-state index contributed by atoms with van der Waals surface area (Å²) in [4.78, 5) is 14.2. The quantitative estimate of drug-likeness (QED) is 0.685. The zero-order chi connectivity index (χ0) is 13.1. The Labute approximate surface area is 104 Å². The molecule has 2 atom stereocenters. The normalized spacial score (nSPS) is 21.1. The van der Waals surface area contributed by atoms with Gasteiger partial charge in [0.1, 0.15) is 5.54 Å². The zero-order valence-electron chi connectivity index (χ0n) is 11.5. The van der Waals surface area contributed by atoms with Gasteiger partial charge < -0.3 is 10.5 Å². The number of rotatable bonds is 7. The molecule has 0 heterocycles. The SMILES string of the molecule is CCC(C)N(CC)CC(N)(C(=O)OC)C1CC1. The largest absolute Gasteiger partial charge is 0.468 e. The first kappa shape index (κ1) is 14.5. The number of carbonyl (C=O) groups excluding carboxylic acids is 1. The van der Waals surface area contributed by atoms with Crippen molar-refractivity contribution >= 4 is 5.97 Å². The number of likely N-dealkylation sites (N-methyl/N-ethyl adjacent to an activating group) is 1. The van der Waals surface area contributed by atoms with Crippen LogP contribution in [0, 0.1) is 5.92 Å². The number of nitrogens with two attached hydrogens (primary N) is 1. The highest BCUT2D eigenvalue weighted by atomic mass is 16.5. The van der Waals surface area contributed by atoms with Crippen LogP contribution in [0.1, 0.15) is 40.0 Å². The lowest BCUT2D eigenvalue weighted by Crippen LogP contribution is -2.59. The Bertz CT molecular complexity index is 266. The van der Waals surface area contributed by atoms with E-state index in [4.69, 9.17) is 10.5 Å². The summed E-state index contributed by atoms with van der Waals surface area (Å²) >= 11 is 0. The molecule has 2 N–H and O–H groups in total. The molecule has 17 heavy (non-hydrogen) atoms. The van der Waals surface area contributed by atoms with Crippen LogP contribution >= 0.6 is 0 Å². The maximum absolute atomic E-state index is 11.9. The fraction of sp³-hybridized carbons (Fsp3) is 0.923. The molecule has 0 bridgehead atoms. The van der Waals surface area contributed by atoms with Gasteiger partial charge in [0.25, 0.3) is 0 Å². The molecule has 1 saturated carbocycles. The first-order chi connectivity index (χ1) is 7.99. The van der Waals surface area contributed by atoms with Crippen LogP contribution in [-0.4, -0.2) is 42.6 Å². The van der Waals surface area contributed by atoms with E-state index in [1.165, 1.54) is 7.11 Å². The average Bonchev–Trinajstić information content (AvgIpc) is 3.17. The summed E-state index contributed by atoms with van der Waals surface area (Å²) in [6.07, 6.45) is 3.16. The molecular formula is C13H26N2O2. The fourth-order valence-corrected chi connectivity index (χ4v) is 2.32. The Morgan fingerprint density at radius 2 is 2.12 bits per heavy atom. The first-order valence-electron chi connectivity index (χ1n) is 6.60. The van der Waals surface area contributed by atoms with Crippen molar-refractivity contribution in [2.45, 2.75) is 51.6 Å². The summed E-state index contributed by atoms with van der Waals surface area (Å²) < 4.78 is 4.88. The molecule has 0 aromatic heterocycles. The van der Waals surface area contributed by atoms with Crippen molar-refractivity contribution in [3.63, 3.8) is 0 Å². The number of esters is 1. The van der Waals surface area contributed by atoms with E-state index in [1.54, 1.807) is 0 Å². The van der Waals surface area contributed by atoms with Gasteiger partial charge in [-0.15, -0.1) is 0 Å². The molecular weight excluding hydrogens is 216 g/mol. The third kappa shape index (κ3) is 3.19. The van der Waals surface area contributed by atoms with Crippen LogP contribution in [0.25, 0.3) is 0 Å². The molecule has 0 aliphatic heterocycles. The van der Waals surface area contributed by atoms with Gasteiger partial charge in [0.15, 0.2) is 0 Å². The molecule has 1 aliphatic carbocycles.